The summed E-state index contributed by atoms with van der Waals surface area (Å²) in [6.07, 6.45) is 0. The van der Waals surface area contributed by atoms with E-state index in [1.54, 1.807) is 6.92 Å². The van der Waals surface area contributed by atoms with Crippen molar-refractivity contribution >= 4 is 16.0 Å². The van der Waals surface area contributed by atoms with Gasteiger partial charge in [0.2, 0.25) is 10.0 Å². The maximum atomic E-state index is 11.9. The molecule has 0 saturated heterocycles. The molecule has 1 aromatic rings. The maximum Gasteiger partial charge on any atom is 0.335 e. The number of nitrogens with one attached hydrogen (secondary N) is 1. The Morgan fingerprint density at radius 1 is 1.50 bits per heavy atom. The first kappa shape index (κ1) is 14.6. The molecule has 7 heteroatoms. The van der Waals surface area contributed by atoms with Crippen LogP contribution >= 0.6 is 0 Å². The van der Waals surface area contributed by atoms with Crippen LogP contribution in [0, 0.1) is 0 Å². The minimum absolute atomic E-state index is 0.0720. The second-order valence-corrected chi connectivity index (χ2v) is 5.52. The van der Waals surface area contributed by atoms with Gasteiger partial charge in [-0.25, -0.2) is 17.9 Å². The molecule has 0 aliphatic rings. The number of carboxylic acid groups (broad SMARTS) is 1. The van der Waals surface area contributed by atoms with Crippen molar-refractivity contribution in [3.63, 3.8) is 0 Å². The maximum absolute atomic E-state index is 11.9. The summed E-state index contributed by atoms with van der Waals surface area (Å²) < 4.78 is 31.1. The number of benzene rings is 1. The van der Waals surface area contributed by atoms with Crippen LogP contribution in [0.25, 0.3) is 0 Å². The van der Waals surface area contributed by atoms with E-state index in [1.165, 1.54) is 25.3 Å². The number of sulfonamides is 1. The van der Waals surface area contributed by atoms with Crippen LogP contribution in [0.1, 0.15) is 17.3 Å². The summed E-state index contributed by atoms with van der Waals surface area (Å²) in [5.74, 6) is -1.17. The van der Waals surface area contributed by atoms with E-state index in [9.17, 15) is 13.2 Å². The lowest BCUT2D eigenvalue weighted by atomic mass is 10.2. The summed E-state index contributed by atoms with van der Waals surface area (Å²) in [5.41, 5.74) is -0.0720. The predicted molar refractivity (Wildman–Crippen MR) is 65.1 cm³/mol. The van der Waals surface area contributed by atoms with Crippen molar-refractivity contribution in [3.8, 4) is 0 Å². The number of methoxy groups -OCH3 is 1. The van der Waals surface area contributed by atoms with E-state index in [1.807, 2.05) is 0 Å². The van der Waals surface area contributed by atoms with E-state index >= 15 is 0 Å². The largest absolute Gasteiger partial charge is 0.478 e. The van der Waals surface area contributed by atoms with Crippen LogP contribution in [-0.2, 0) is 14.8 Å². The molecule has 2 N–H and O–H groups in total. The molecule has 18 heavy (non-hydrogen) atoms. The van der Waals surface area contributed by atoms with E-state index in [2.05, 4.69) is 4.72 Å². The molecule has 0 spiro atoms. The summed E-state index contributed by atoms with van der Waals surface area (Å²) in [5, 5.41) is 8.81. The fraction of sp³-hybridized carbons (Fsp3) is 0.364. The average Bonchev–Trinajstić information content (AvgIpc) is 2.28. The number of rotatable bonds is 6. The van der Waals surface area contributed by atoms with Crippen molar-refractivity contribution in [1.82, 2.24) is 4.72 Å². The summed E-state index contributed by atoms with van der Waals surface area (Å²) in [6, 6.07) is 4.78. The lowest BCUT2D eigenvalue weighted by Gasteiger charge is -2.13. The van der Waals surface area contributed by atoms with Crippen molar-refractivity contribution in [1.29, 1.82) is 0 Å². The molecule has 0 radical (unpaired) electrons. The van der Waals surface area contributed by atoms with Crippen LogP contribution in [0.4, 0.5) is 0 Å². The topological polar surface area (TPSA) is 92.7 Å². The van der Waals surface area contributed by atoms with Gasteiger partial charge in [0.1, 0.15) is 0 Å². The molecule has 0 bridgehead atoms. The molecule has 1 rings (SSSR count). The van der Waals surface area contributed by atoms with Crippen molar-refractivity contribution < 1.29 is 23.1 Å². The van der Waals surface area contributed by atoms with Crippen LogP contribution in [0.2, 0.25) is 0 Å². The molecule has 0 aliphatic heterocycles. The molecule has 0 fully saturated rings. The molecule has 1 atom stereocenters. The molecular formula is C11H15NO5S. The van der Waals surface area contributed by atoms with Crippen molar-refractivity contribution in [3.05, 3.63) is 29.8 Å². The molecule has 1 aromatic carbocycles. The molecule has 0 aromatic heterocycles. The predicted octanol–water partition coefficient (Wildman–Crippen LogP) is 0.698. The average molecular weight is 273 g/mol. The molecule has 1 unspecified atom stereocenters. The minimum atomic E-state index is -3.73. The Kier molecular flexibility index (Phi) is 4.83. The molecular weight excluding hydrogens is 258 g/mol. The summed E-state index contributed by atoms with van der Waals surface area (Å²) >= 11 is 0. The second-order valence-electron chi connectivity index (χ2n) is 3.81. The van der Waals surface area contributed by atoms with Gasteiger partial charge in [-0.1, -0.05) is 6.07 Å². The zero-order valence-corrected chi connectivity index (χ0v) is 10.9. The lowest BCUT2D eigenvalue weighted by Crippen LogP contribution is -2.35. The number of hydrogen-bond donors (Lipinski definition) is 2. The van der Waals surface area contributed by atoms with Crippen molar-refractivity contribution in [2.75, 3.05) is 13.7 Å². The number of aromatic carboxylic acids is 1. The summed E-state index contributed by atoms with van der Waals surface area (Å²) in [7, 11) is -2.26. The zero-order chi connectivity index (χ0) is 13.8. The molecule has 0 aliphatic carbocycles. The van der Waals surface area contributed by atoms with Gasteiger partial charge in [0, 0.05) is 13.2 Å². The van der Waals surface area contributed by atoms with Crippen LogP contribution in [0.5, 0.6) is 0 Å². The highest BCUT2D eigenvalue weighted by Gasteiger charge is 2.18. The SMILES string of the molecule is COCC(C)NS(=O)(=O)c1cccc(C(=O)O)c1. The standard InChI is InChI=1S/C11H15NO5S/c1-8(7-17-2)12-18(15,16)10-5-3-4-9(6-10)11(13)14/h3-6,8,12H,7H2,1-2H3,(H,13,14). The van der Waals surface area contributed by atoms with E-state index in [0.29, 0.717) is 0 Å². The van der Waals surface area contributed by atoms with Gasteiger partial charge in [-0.3, -0.25) is 0 Å². The number of ether oxygens (including phenoxy) is 1. The van der Waals surface area contributed by atoms with Crippen LogP contribution in [0.3, 0.4) is 0 Å². The number of carboxylic acids is 1. The van der Waals surface area contributed by atoms with E-state index < -0.39 is 22.0 Å². The first-order chi connectivity index (χ1) is 8.36. The van der Waals surface area contributed by atoms with Gasteiger partial charge >= 0.3 is 5.97 Å². The normalized spacial score (nSPS) is 13.2. The van der Waals surface area contributed by atoms with Gasteiger partial charge in [-0.05, 0) is 25.1 Å². The Morgan fingerprint density at radius 2 is 2.17 bits per heavy atom. The lowest BCUT2D eigenvalue weighted by molar-refractivity contribution is 0.0696. The smallest absolute Gasteiger partial charge is 0.335 e. The monoisotopic (exact) mass is 273 g/mol. The third kappa shape index (κ3) is 3.80. The van der Waals surface area contributed by atoms with Crippen molar-refractivity contribution in [2.24, 2.45) is 0 Å². The molecule has 6 nitrogen and oxygen atoms in total. The van der Waals surface area contributed by atoms with Gasteiger partial charge in [0.05, 0.1) is 17.1 Å². The Hall–Kier alpha value is -1.44. The Bertz CT molecular complexity index is 526. The Labute approximate surface area is 106 Å². The quantitative estimate of drug-likeness (QED) is 0.795. The van der Waals surface area contributed by atoms with Gasteiger partial charge < -0.3 is 9.84 Å². The van der Waals surface area contributed by atoms with E-state index in [-0.39, 0.29) is 17.1 Å². The molecule has 100 valence electrons. The highest BCUT2D eigenvalue weighted by molar-refractivity contribution is 7.89. The van der Waals surface area contributed by atoms with E-state index in [4.69, 9.17) is 9.84 Å². The molecule has 0 heterocycles. The Balaban J connectivity index is 2.98. The van der Waals surface area contributed by atoms with Crippen LogP contribution < -0.4 is 4.72 Å². The minimum Gasteiger partial charge on any atom is -0.478 e. The summed E-state index contributed by atoms with van der Waals surface area (Å²) in [4.78, 5) is 10.7. The van der Waals surface area contributed by atoms with Gasteiger partial charge in [-0.15, -0.1) is 0 Å². The van der Waals surface area contributed by atoms with Crippen LogP contribution in [-0.4, -0.2) is 39.3 Å². The first-order valence-corrected chi connectivity index (χ1v) is 6.70. The van der Waals surface area contributed by atoms with Gasteiger partial charge in [0.15, 0.2) is 0 Å². The van der Waals surface area contributed by atoms with E-state index in [0.717, 1.165) is 6.07 Å². The Morgan fingerprint density at radius 3 is 2.72 bits per heavy atom. The second kappa shape index (κ2) is 5.94. The third-order valence-corrected chi connectivity index (χ3v) is 3.75. The van der Waals surface area contributed by atoms with Crippen LogP contribution in [0.15, 0.2) is 29.2 Å². The number of hydrogen-bond acceptors (Lipinski definition) is 4. The molecule has 0 amide bonds. The van der Waals surface area contributed by atoms with Crippen molar-refractivity contribution in [2.45, 2.75) is 17.9 Å². The first-order valence-electron chi connectivity index (χ1n) is 5.21. The fourth-order valence-electron chi connectivity index (χ4n) is 1.41. The van der Waals surface area contributed by atoms with Gasteiger partial charge in [0.25, 0.3) is 0 Å². The van der Waals surface area contributed by atoms with Gasteiger partial charge in [-0.2, -0.15) is 0 Å². The fourth-order valence-corrected chi connectivity index (χ4v) is 2.69. The highest BCUT2D eigenvalue weighted by Crippen LogP contribution is 2.12. The third-order valence-electron chi connectivity index (χ3n) is 2.16. The zero-order valence-electron chi connectivity index (χ0n) is 10.1. The molecule has 0 saturated carbocycles. The summed E-state index contributed by atoms with van der Waals surface area (Å²) in [6.45, 7) is 1.89. The number of carbonyl (C=O) groups is 1. The highest BCUT2D eigenvalue weighted by atomic mass is 32.2.